The van der Waals surface area contributed by atoms with E-state index in [0.29, 0.717) is 18.8 Å². The lowest BCUT2D eigenvalue weighted by Crippen LogP contribution is -2.40. The Balaban J connectivity index is 0.00000338. The van der Waals surface area contributed by atoms with Gasteiger partial charge in [0.05, 0.1) is 7.11 Å². The van der Waals surface area contributed by atoms with Crippen molar-refractivity contribution in [2.45, 2.75) is 39.2 Å². The maximum Gasteiger partial charge on any atom is 0.220 e. The van der Waals surface area contributed by atoms with Gasteiger partial charge in [0, 0.05) is 18.2 Å². The van der Waals surface area contributed by atoms with Gasteiger partial charge in [-0.2, -0.15) is 0 Å². The molecule has 0 saturated carbocycles. The number of methoxy groups -OCH3 is 1. The number of rotatable bonds is 8. The minimum absolute atomic E-state index is 0. The van der Waals surface area contributed by atoms with E-state index in [-0.39, 0.29) is 24.4 Å². The van der Waals surface area contributed by atoms with Crippen LogP contribution in [0.3, 0.4) is 0 Å². The van der Waals surface area contributed by atoms with E-state index in [1.54, 1.807) is 7.11 Å². The van der Waals surface area contributed by atoms with Crippen LogP contribution in [0.4, 0.5) is 5.69 Å². The topological polar surface area (TPSA) is 64.3 Å². The summed E-state index contributed by atoms with van der Waals surface area (Å²) >= 11 is 0. The third kappa shape index (κ3) is 6.26. The zero-order chi connectivity index (χ0) is 18.2. The van der Waals surface area contributed by atoms with E-state index < -0.39 is 0 Å². The fraction of sp³-hybridized carbons (Fsp3) is 0.381. The van der Waals surface area contributed by atoms with Gasteiger partial charge in [-0.25, -0.2) is 0 Å². The minimum atomic E-state index is 0. The number of benzene rings is 2. The maximum atomic E-state index is 12.4. The van der Waals surface area contributed by atoms with E-state index in [1.165, 1.54) is 0 Å². The Morgan fingerprint density at radius 1 is 1.08 bits per heavy atom. The molecule has 0 saturated heterocycles. The number of halogens is 1. The molecule has 0 aliphatic carbocycles. The summed E-state index contributed by atoms with van der Waals surface area (Å²) in [5, 5.41) is 3.17. The predicted octanol–water partition coefficient (Wildman–Crippen LogP) is 4.02. The molecule has 1 atom stereocenters. The number of nitrogen functional groups attached to an aromatic ring is 1. The lowest BCUT2D eigenvalue weighted by Gasteiger charge is -2.23. The van der Waals surface area contributed by atoms with Crippen LogP contribution < -0.4 is 15.8 Å². The van der Waals surface area contributed by atoms with Crippen molar-refractivity contribution in [3.8, 4) is 5.75 Å². The number of hydrogen-bond acceptors (Lipinski definition) is 3. The molecule has 4 nitrogen and oxygen atoms in total. The van der Waals surface area contributed by atoms with Gasteiger partial charge in [0.15, 0.2) is 0 Å². The van der Waals surface area contributed by atoms with Crippen molar-refractivity contribution < 1.29 is 9.53 Å². The lowest BCUT2D eigenvalue weighted by atomic mass is 9.95. The normalized spacial score (nSPS) is 11.5. The van der Waals surface area contributed by atoms with E-state index in [0.717, 1.165) is 29.0 Å². The summed E-state index contributed by atoms with van der Waals surface area (Å²) in [7, 11) is 1.67. The Morgan fingerprint density at radius 2 is 1.69 bits per heavy atom. The molecule has 0 radical (unpaired) electrons. The molecule has 3 N–H and O–H groups in total. The third-order valence-electron chi connectivity index (χ3n) is 4.46. The number of ether oxygens (including phenoxy) is 1. The summed E-state index contributed by atoms with van der Waals surface area (Å²) in [4.78, 5) is 12.4. The van der Waals surface area contributed by atoms with Gasteiger partial charge in [-0.3, -0.25) is 4.79 Å². The van der Waals surface area contributed by atoms with Gasteiger partial charge in [-0.1, -0.05) is 50.2 Å². The molecule has 0 aliphatic rings. The van der Waals surface area contributed by atoms with Crippen molar-refractivity contribution in [3.63, 3.8) is 0 Å². The minimum Gasteiger partial charge on any atom is -0.496 e. The molecule has 142 valence electrons. The number of para-hydroxylation sites is 2. The summed E-state index contributed by atoms with van der Waals surface area (Å²) in [5.74, 6) is 1.24. The van der Waals surface area contributed by atoms with Crippen molar-refractivity contribution in [1.29, 1.82) is 0 Å². The molecule has 2 aromatic carbocycles. The summed E-state index contributed by atoms with van der Waals surface area (Å²) in [6.45, 7) is 4.24. The van der Waals surface area contributed by atoms with Gasteiger partial charge < -0.3 is 15.8 Å². The summed E-state index contributed by atoms with van der Waals surface area (Å²) in [6, 6.07) is 15.7. The number of anilines is 1. The Labute approximate surface area is 162 Å². The van der Waals surface area contributed by atoms with Crippen molar-refractivity contribution in [2.24, 2.45) is 5.92 Å². The molecule has 1 unspecified atom stereocenters. The predicted molar refractivity (Wildman–Crippen MR) is 110 cm³/mol. The van der Waals surface area contributed by atoms with Crippen LogP contribution in [0.1, 0.15) is 31.4 Å². The summed E-state index contributed by atoms with van der Waals surface area (Å²) in [5.41, 5.74) is 8.81. The molecule has 1 amide bonds. The standard InChI is InChI=1S/C21H28N2O2.ClH/c1-15(2)19(14-17-9-5-7-11-20(17)25-3)23-21(24)13-12-16-8-4-6-10-18(16)22;/h4-11,15,19H,12-14,22H2,1-3H3,(H,23,24);1H. The first kappa shape index (κ1) is 21.8. The molecule has 0 bridgehead atoms. The molecule has 2 aromatic rings. The van der Waals surface area contributed by atoms with Crippen LogP contribution in [-0.2, 0) is 17.6 Å². The molecule has 0 aromatic heterocycles. The van der Waals surface area contributed by atoms with Gasteiger partial charge >= 0.3 is 0 Å². The van der Waals surface area contributed by atoms with Crippen molar-refractivity contribution >= 4 is 24.0 Å². The number of hydrogen-bond donors (Lipinski definition) is 2. The van der Waals surface area contributed by atoms with Crippen LogP contribution in [0, 0.1) is 5.92 Å². The van der Waals surface area contributed by atoms with Gasteiger partial charge in [0.25, 0.3) is 0 Å². The third-order valence-corrected chi connectivity index (χ3v) is 4.46. The first-order valence-corrected chi connectivity index (χ1v) is 8.76. The SMILES string of the molecule is COc1ccccc1CC(NC(=O)CCc1ccccc1N)C(C)C.Cl. The van der Waals surface area contributed by atoms with E-state index in [2.05, 4.69) is 19.2 Å². The highest BCUT2D eigenvalue weighted by Gasteiger charge is 2.18. The first-order chi connectivity index (χ1) is 12.0. The van der Waals surface area contributed by atoms with E-state index in [4.69, 9.17) is 10.5 Å². The molecular formula is C21H29ClN2O2. The second kappa shape index (κ2) is 10.7. The molecular weight excluding hydrogens is 348 g/mol. The largest absolute Gasteiger partial charge is 0.496 e. The number of aryl methyl sites for hydroxylation is 1. The highest BCUT2D eigenvalue weighted by molar-refractivity contribution is 5.85. The average molecular weight is 377 g/mol. The number of nitrogens with two attached hydrogens (primary N) is 1. The zero-order valence-corrected chi connectivity index (χ0v) is 16.5. The summed E-state index contributed by atoms with van der Waals surface area (Å²) < 4.78 is 5.42. The zero-order valence-electron chi connectivity index (χ0n) is 15.7. The Kier molecular flexibility index (Phi) is 9.00. The molecule has 0 aliphatic heterocycles. The number of carbonyl (C=O) groups excluding carboxylic acids is 1. The van der Waals surface area contributed by atoms with Gasteiger partial charge in [-0.15, -0.1) is 12.4 Å². The highest BCUT2D eigenvalue weighted by Crippen LogP contribution is 2.21. The second-order valence-corrected chi connectivity index (χ2v) is 6.63. The van der Waals surface area contributed by atoms with Crippen molar-refractivity contribution in [1.82, 2.24) is 5.32 Å². The van der Waals surface area contributed by atoms with Crippen LogP contribution in [0.25, 0.3) is 0 Å². The lowest BCUT2D eigenvalue weighted by molar-refractivity contribution is -0.122. The van der Waals surface area contributed by atoms with Crippen LogP contribution in [-0.4, -0.2) is 19.1 Å². The molecule has 0 heterocycles. The van der Waals surface area contributed by atoms with E-state index >= 15 is 0 Å². The fourth-order valence-corrected chi connectivity index (χ4v) is 2.85. The molecule has 0 spiro atoms. The number of nitrogens with one attached hydrogen (secondary N) is 1. The van der Waals surface area contributed by atoms with Crippen LogP contribution in [0.15, 0.2) is 48.5 Å². The smallest absolute Gasteiger partial charge is 0.220 e. The number of amides is 1. The Hall–Kier alpha value is -2.20. The van der Waals surface area contributed by atoms with Gasteiger partial charge in [-0.05, 0) is 42.0 Å². The van der Waals surface area contributed by atoms with Crippen LogP contribution in [0.2, 0.25) is 0 Å². The quantitative estimate of drug-likeness (QED) is 0.684. The average Bonchev–Trinajstić information content (AvgIpc) is 2.60. The summed E-state index contributed by atoms with van der Waals surface area (Å²) in [6.07, 6.45) is 1.84. The fourth-order valence-electron chi connectivity index (χ4n) is 2.85. The first-order valence-electron chi connectivity index (χ1n) is 8.76. The van der Waals surface area contributed by atoms with E-state index in [1.807, 2.05) is 48.5 Å². The molecule has 5 heteroatoms. The van der Waals surface area contributed by atoms with Gasteiger partial charge in [0.1, 0.15) is 5.75 Å². The Morgan fingerprint density at radius 3 is 2.31 bits per heavy atom. The van der Waals surface area contributed by atoms with E-state index in [9.17, 15) is 4.79 Å². The maximum absolute atomic E-state index is 12.4. The molecule has 0 fully saturated rings. The molecule has 2 rings (SSSR count). The van der Waals surface area contributed by atoms with Crippen molar-refractivity contribution in [3.05, 3.63) is 59.7 Å². The highest BCUT2D eigenvalue weighted by atomic mass is 35.5. The Bertz CT molecular complexity index is 704. The van der Waals surface area contributed by atoms with Crippen molar-refractivity contribution in [2.75, 3.05) is 12.8 Å². The molecule has 26 heavy (non-hydrogen) atoms. The van der Waals surface area contributed by atoms with Gasteiger partial charge in [0.2, 0.25) is 5.91 Å². The monoisotopic (exact) mass is 376 g/mol. The number of carbonyl (C=O) groups is 1. The van der Waals surface area contributed by atoms with Crippen LogP contribution >= 0.6 is 12.4 Å². The van der Waals surface area contributed by atoms with Crippen LogP contribution in [0.5, 0.6) is 5.75 Å². The second-order valence-electron chi connectivity index (χ2n) is 6.63.